The molecule has 112 valence electrons. The van der Waals surface area contributed by atoms with Crippen molar-refractivity contribution >= 4 is 11.7 Å². The maximum absolute atomic E-state index is 13.4. The fraction of sp³-hybridized carbons (Fsp3) is 0.417. The van der Waals surface area contributed by atoms with Crippen LogP contribution in [-0.4, -0.2) is 30.3 Å². The predicted octanol–water partition coefficient (Wildman–Crippen LogP) is 2.18. The Bertz CT molecular complexity index is 500. The van der Waals surface area contributed by atoms with Gasteiger partial charge in [0.25, 0.3) is 0 Å². The molecule has 0 radical (unpaired) electrons. The van der Waals surface area contributed by atoms with Crippen LogP contribution in [-0.2, 0) is 15.7 Å². The van der Waals surface area contributed by atoms with Crippen LogP contribution in [0.3, 0.4) is 0 Å². The highest BCUT2D eigenvalue weighted by molar-refractivity contribution is 5.79. The molecule has 0 aromatic heterocycles. The van der Waals surface area contributed by atoms with Crippen molar-refractivity contribution in [2.75, 3.05) is 19.0 Å². The molecule has 0 spiro atoms. The molecule has 0 bridgehead atoms. The average Bonchev–Trinajstić information content (AvgIpc) is 2.35. The second-order valence-electron chi connectivity index (χ2n) is 4.31. The Labute approximate surface area is 112 Å². The summed E-state index contributed by atoms with van der Waals surface area (Å²) in [5.41, 5.74) is -3.50. The van der Waals surface area contributed by atoms with Gasteiger partial charge in [-0.15, -0.1) is 0 Å². The van der Waals surface area contributed by atoms with Gasteiger partial charge >= 0.3 is 12.1 Å². The van der Waals surface area contributed by atoms with Crippen molar-refractivity contribution in [3.8, 4) is 0 Å². The summed E-state index contributed by atoms with van der Waals surface area (Å²) >= 11 is 0. The van der Waals surface area contributed by atoms with E-state index in [0.717, 1.165) is 14.0 Å². The molecular weight excluding hydrogens is 282 g/mol. The number of hydrogen-bond donors (Lipinski definition) is 2. The molecule has 8 heteroatoms. The largest absolute Gasteiger partial charge is 0.467 e. The van der Waals surface area contributed by atoms with Gasteiger partial charge in [-0.2, -0.15) is 13.2 Å². The van der Waals surface area contributed by atoms with Gasteiger partial charge in [0.2, 0.25) is 0 Å². The van der Waals surface area contributed by atoms with Crippen molar-refractivity contribution in [2.24, 2.45) is 0 Å². The third kappa shape index (κ3) is 3.83. The molecule has 1 rings (SSSR count). The number of anilines is 1. The molecule has 0 fully saturated rings. The number of carbonyl (C=O) groups excluding carboxylic acids is 1. The molecule has 1 aromatic rings. The number of hydrogen-bond acceptors (Lipinski definition) is 4. The van der Waals surface area contributed by atoms with Gasteiger partial charge in [0.1, 0.15) is 5.82 Å². The highest BCUT2D eigenvalue weighted by Crippen LogP contribution is 2.31. The summed E-state index contributed by atoms with van der Waals surface area (Å²) in [6.07, 6.45) is -4.62. The Morgan fingerprint density at radius 3 is 2.50 bits per heavy atom. The summed E-state index contributed by atoms with van der Waals surface area (Å²) in [6, 6.07) is 1.81. The van der Waals surface area contributed by atoms with E-state index in [1.54, 1.807) is 0 Å². The number of aliphatic hydroxyl groups is 1. The maximum atomic E-state index is 13.4. The standard InChI is InChI=1S/C12H13F4NO3/c1-11(19,10(18)20-2)6-17-9-5-7(12(14,15)16)3-4-8(9)13/h3-5,17,19H,6H2,1-2H3. The Morgan fingerprint density at radius 1 is 1.40 bits per heavy atom. The van der Waals surface area contributed by atoms with Crippen molar-refractivity contribution in [1.82, 2.24) is 0 Å². The predicted molar refractivity (Wildman–Crippen MR) is 62.5 cm³/mol. The Hall–Kier alpha value is -1.83. The minimum absolute atomic E-state index is 0.469. The van der Waals surface area contributed by atoms with E-state index in [1.165, 1.54) is 0 Å². The zero-order valence-corrected chi connectivity index (χ0v) is 10.7. The van der Waals surface area contributed by atoms with Gasteiger partial charge in [0.05, 0.1) is 24.9 Å². The molecule has 0 amide bonds. The summed E-state index contributed by atoms with van der Waals surface area (Å²) in [5, 5.41) is 11.9. The number of ether oxygens (including phenoxy) is 1. The highest BCUT2D eigenvalue weighted by atomic mass is 19.4. The van der Waals surface area contributed by atoms with Crippen molar-refractivity contribution in [1.29, 1.82) is 0 Å². The van der Waals surface area contributed by atoms with Gasteiger partial charge in [-0.25, -0.2) is 9.18 Å². The molecule has 0 saturated heterocycles. The average molecular weight is 295 g/mol. The number of carbonyl (C=O) groups is 1. The topological polar surface area (TPSA) is 58.6 Å². The Morgan fingerprint density at radius 2 is 2.00 bits per heavy atom. The third-order valence-electron chi connectivity index (χ3n) is 2.54. The van der Waals surface area contributed by atoms with Crippen LogP contribution in [0.1, 0.15) is 12.5 Å². The van der Waals surface area contributed by atoms with Crippen LogP contribution in [0.5, 0.6) is 0 Å². The summed E-state index contributed by atoms with van der Waals surface area (Å²) in [4.78, 5) is 11.2. The lowest BCUT2D eigenvalue weighted by Crippen LogP contribution is -2.43. The normalized spacial score (nSPS) is 14.6. The minimum Gasteiger partial charge on any atom is -0.467 e. The maximum Gasteiger partial charge on any atom is 0.416 e. The Kier molecular flexibility index (Phi) is 4.59. The van der Waals surface area contributed by atoms with Crippen molar-refractivity contribution in [3.63, 3.8) is 0 Å². The number of rotatable bonds is 4. The van der Waals surface area contributed by atoms with Gasteiger partial charge in [0.15, 0.2) is 5.60 Å². The molecule has 20 heavy (non-hydrogen) atoms. The van der Waals surface area contributed by atoms with E-state index in [9.17, 15) is 27.5 Å². The molecule has 0 aliphatic carbocycles. The minimum atomic E-state index is -4.62. The van der Waals surface area contributed by atoms with Crippen LogP contribution in [0, 0.1) is 5.82 Å². The third-order valence-corrected chi connectivity index (χ3v) is 2.54. The van der Waals surface area contributed by atoms with Gasteiger partial charge in [-0.1, -0.05) is 0 Å². The van der Waals surface area contributed by atoms with Crippen LogP contribution in [0.2, 0.25) is 0 Å². The smallest absolute Gasteiger partial charge is 0.416 e. The zero-order chi connectivity index (χ0) is 15.6. The number of alkyl halides is 3. The lowest BCUT2D eigenvalue weighted by Gasteiger charge is -2.21. The van der Waals surface area contributed by atoms with Gasteiger partial charge in [-0.3, -0.25) is 0 Å². The molecule has 0 saturated carbocycles. The van der Waals surface area contributed by atoms with Gasteiger partial charge in [0, 0.05) is 0 Å². The molecule has 0 aliphatic rings. The van der Waals surface area contributed by atoms with Crippen molar-refractivity contribution in [3.05, 3.63) is 29.6 Å². The van der Waals surface area contributed by atoms with Gasteiger partial charge < -0.3 is 15.2 Å². The summed E-state index contributed by atoms with van der Waals surface area (Å²) in [6.45, 7) is 0.593. The van der Waals surface area contributed by atoms with Crippen LogP contribution in [0.15, 0.2) is 18.2 Å². The zero-order valence-electron chi connectivity index (χ0n) is 10.7. The van der Waals surface area contributed by atoms with E-state index in [1.807, 2.05) is 0 Å². The lowest BCUT2D eigenvalue weighted by atomic mass is 10.1. The molecule has 4 nitrogen and oxygen atoms in total. The van der Waals surface area contributed by atoms with Crippen LogP contribution < -0.4 is 5.32 Å². The van der Waals surface area contributed by atoms with E-state index in [0.29, 0.717) is 18.2 Å². The van der Waals surface area contributed by atoms with E-state index in [4.69, 9.17) is 0 Å². The SMILES string of the molecule is COC(=O)C(C)(O)CNc1cc(C(F)(F)F)ccc1F. The second kappa shape index (κ2) is 5.66. The summed E-state index contributed by atoms with van der Waals surface area (Å²) in [7, 11) is 1.04. The van der Waals surface area contributed by atoms with Crippen molar-refractivity contribution in [2.45, 2.75) is 18.7 Å². The monoisotopic (exact) mass is 295 g/mol. The molecule has 1 unspecified atom stereocenters. The van der Waals surface area contributed by atoms with E-state index in [-0.39, 0.29) is 0 Å². The summed E-state index contributed by atoms with van der Waals surface area (Å²) in [5.74, 6) is -1.92. The number of esters is 1. The number of halogens is 4. The molecule has 0 aliphatic heterocycles. The highest BCUT2D eigenvalue weighted by Gasteiger charge is 2.33. The first-order valence-electron chi connectivity index (χ1n) is 5.49. The quantitative estimate of drug-likeness (QED) is 0.660. The lowest BCUT2D eigenvalue weighted by molar-refractivity contribution is -0.158. The molecule has 2 N–H and O–H groups in total. The summed E-state index contributed by atoms with van der Waals surface area (Å²) < 4.78 is 55.1. The number of methoxy groups -OCH3 is 1. The number of benzene rings is 1. The van der Waals surface area contributed by atoms with Crippen LogP contribution in [0.4, 0.5) is 23.2 Å². The van der Waals surface area contributed by atoms with Crippen molar-refractivity contribution < 1.29 is 32.2 Å². The van der Waals surface area contributed by atoms with E-state index in [2.05, 4.69) is 10.1 Å². The van der Waals surface area contributed by atoms with Crippen LogP contribution >= 0.6 is 0 Å². The van der Waals surface area contributed by atoms with E-state index < -0.39 is 41.4 Å². The fourth-order valence-corrected chi connectivity index (χ4v) is 1.40. The second-order valence-corrected chi connectivity index (χ2v) is 4.31. The first kappa shape index (κ1) is 16.2. The van der Waals surface area contributed by atoms with E-state index >= 15 is 0 Å². The van der Waals surface area contributed by atoms with Gasteiger partial charge in [-0.05, 0) is 25.1 Å². The fourth-order valence-electron chi connectivity index (χ4n) is 1.40. The van der Waals surface area contributed by atoms with Crippen LogP contribution in [0.25, 0.3) is 0 Å². The number of nitrogens with one attached hydrogen (secondary N) is 1. The molecule has 0 heterocycles. The molecule has 1 atom stereocenters. The molecule has 1 aromatic carbocycles. The Balaban J connectivity index is 2.91. The first-order chi connectivity index (χ1) is 9.08. The molecular formula is C12H13F4NO3. The first-order valence-corrected chi connectivity index (χ1v) is 5.49.